The van der Waals surface area contributed by atoms with E-state index in [1.54, 1.807) is 31.3 Å². The smallest absolute Gasteiger partial charge is 0.261 e. The molecule has 0 unspecified atom stereocenters. The van der Waals surface area contributed by atoms with Gasteiger partial charge in [-0.3, -0.25) is 19.5 Å². The number of fused-ring (bicyclic) bond motifs is 1. The fraction of sp³-hybridized carbons (Fsp3) is 0.526. The number of amides is 2. The van der Waals surface area contributed by atoms with Crippen molar-refractivity contribution in [2.24, 2.45) is 4.99 Å². The lowest BCUT2D eigenvalue weighted by Gasteiger charge is -2.34. The number of guanidine groups is 1. The first kappa shape index (κ1) is 18.4. The molecule has 1 aromatic carbocycles. The Morgan fingerprint density at radius 2 is 1.81 bits per heavy atom. The molecule has 0 aliphatic carbocycles. The fourth-order valence-corrected chi connectivity index (χ4v) is 3.52. The number of nitrogens with one attached hydrogen (secondary N) is 1. The highest BCUT2D eigenvalue weighted by Crippen LogP contribution is 2.21. The summed E-state index contributed by atoms with van der Waals surface area (Å²) >= 11 is 0. The third-order valence-corrected chi connectivity index (χ3v) is 4.85. The summed E-state index contributed by atoms with van der Waals surface area (Å²) < 4.78 is 5.68. The van der Waals surface area contributed by atoms with Crippen molar-refractivity contribution in [2.45, 2.75) is 25.9 Å². The number of hydrogen-bond donors (Lipinski definition) is 1. The zero-order valence-electron chi connectivity index (χ0n) is 15.4. The number of likely N-dealkylation sites (tertiary alicyclic amines) is 1. The Hall–Kier alpha value is -2.41. The highest BCUT2D eigenvalue weighted by atomic mass is 16.5. The molecule has 0 radical (unpaired) electrons. The van der Waals surface area contributed by atoms with E-state index in [1.807, 2.05) is 6.92 Å². The minimum absolute atomic E-state index is 0.222. The van der Waals surface area contributed by atoms with E-state index >= 15 is 0 Å². The fourth-order valence-electron chi connectivity index (χ4n) is 3.52. The maximum absolute atomic E-state index is 12.4. The Kier molecular flexibility index (Phi) is 5.88. The van der Waals surface area contributed by atoms with Crippen LogP contribution in [0.5, 0.6) is 0 Å². The van der Waals surface area contributed by atoms with Crippen LogP contribution in [0, 0.1) is 0 Å². The van der Waals surface area contributed by atoms with E-state index in [0.717, 1.165) is 38.5 Å². The highest BCUT2D eigenvalue weighted by Gasteiger charge is 2.34. The molecule has 1 N–H and O–H groups in total. The van der Waals surface area contributed by atoms with Crippen molar-refractivity contribution in [3.63, 3.8) is 0 Å². The van der Waals surface area contributed by atoms with E-state index in [9.17, 15) is 9.59 Å². The van der Waals surface area contributed by atoms with Gasteiger partial charge in [0.2, 0.25) is 0 Å². The van der Waals surface area contributed by atoms with Gasteiger partial charge in [0.05, 0.1) is 17.2 Å². The molecule has 2 amide bonds. The molecular weight excluding hydrogens is 332 g/mol. The van der Waals surface area contributed by atoms with E-state index in [4.69, 9.17) is 4.74 Å². The summed E-state index contributed by atoms with van der Waals surface area (Å²) in [6.45, 7) is 5.34. The number of piperidine rings is 1. The van der Waals surface area contributed by atoms with Gasteiger partial charge in [-0.2, -0.15) is 0 Å². The molecule has 2 aliphatic heterocycles. The predicted molar refractivity (Wildman–Crippen MR) is 99.4 cm³/mol. The second-order valence-corrected chi connectivity index (χ2v) is 6.42. The molecule has 0 aromatic heterocycles. The van der Waals surface area contributed by atoms with Gasteiger partial charge in [0.25, 0.3) is 11.8 Å². The van der Waals surface area contributed by atoms with E-state index in [0.29, 0.717) is 30.3 Å². The van der Waals surface area contributed by atoms with Crippen LogP contribution in [0.3, 0.4) is 0 Å². The summed E-state index contributed by atoms with van der Waals surface area (Å²) in [5, 5.41) is 3.27. The number of imide groups is 1. The molecule has 1 fully saturated rings. The normalized spacial score (nSPS) is 18.5. The van der Waals surface area contributed by atoms with Gasteiger partial charge in [-0.05, 0) is 31.9 Å². The number of hydrogen-bond acceptors (Lipinski definition) is 4. The van der Waals surface area contributed by atoms with Gasteiger partial charge in [0, 0.05) is 39.8 Å². The minimum atomic E-state index is -0.222. The Morgan fingerprint density at radius 1 is 1.19 bits per heavy atom. The van der Waals surface area contributed by atoms with Crippen LogP contribution in [0.1, 0.15) is 40.5 Å². The molecule has 2 aliphatic rings. The molecule has 2 heterocycles. The van der Waals surface area contributed by atoms with Gasteiger partial charge in [0.15, 0.2) is 5.96 Å². The average Bonchev–Trinajstić information content (AvgIpc) is 2.91. The second kappa shape index (κ2) is 8.31. The van der Waals surface area contributed by atoms with Gasteiger partial charge < -0.3 is 15.0 Å². The third-order valence-electron chi connectivity index (χ3n) is 4.85. The summed E-state index contributed by atoms with van der Waals surface area (Å²) in [4.78, 5) is 32.6. The SMILES string of the molecule is CCOC1CCN(C(=NC)NCCN2C(=O)c3ccccc3C2=O)CC1. The number of carbonyl (C=O) groups excluding carboxylic acids is 2. The summed E-state index contributed by atoms with van der Waals surface area (Å²) in [5.41, 5.74) is 0.972. The van der Waals surface area contributed by atoms with Gasteiger partial charge in [-0.25, -0.2) is 0 Å². The molecule has 140 valence electrons. The van der Waals surface area contributed by atoms with E-state index in [2.05, 4.69) is 15.2 Å². The molecule has 3 rings (SSSR count). The van der Waals surface area contributed by atoms with Gasteiger partial charge in [-0.15, -0.1) is 0 Å². The Labute approximate surface area is 154 Å². The van der Waals surface area contributed by atoms with Crippen molar-refractivity contribution >= 4 is 17.8 Å². The molecule has 0 spiro atoms. The molecular formula is C19H26N4O3. The average molecular weight is 358 g/mol. The summed E-state index contributed by atoms with van der Waals surface area (Å²) in [5.74, 6) is 0.358. The van der Waals surface area contributed by atoms with E-state index in [-0.39, 0.29) is 11.8 Å². The van der Waals surface area contributed by atoms with Crippen molar-refractivity contribution in [2.75, 3.05) is 39.8 Å². The molecule has 0 saturated carbocycles. The molecule has 7 heteroatoms. The van der Waals surface area contributed by atoms with Crippen molar-refractivity contribution < 1.29 is 14.3 Å². The Balaban J connectivity index is 1.50. The Bertz CT molecular complexity index is 661. The van der Waals surface area contributed by atoms with Crippen LogP contribution >= 0.6 is 0 Å². The Morgan fingerprint density at radius 3 is 2.35 bits per heavy atom. The van der Waals surface area contributed by atoms with Gasteiger partial charge in [-0.1, -0.05) is 12.1 Å². The highest BCUT2D eigenvalue weighted by molar-refractivity contribution is 6.21. The zero-order chi connectivity index (χ0) is 18.5. The van der Waals surface area contributed by atoms with Gasteiger partial charge >= 0.3 is 0 Å². The van der Waals surface area contributed by atoms with Crippen molar-refractivity contribution in [1.29, 1.82) is 0 Å². The van der Waals surface area contributed by atoms with Crippen LogP contribution in [0.2, 0.25) is 0 Å². The largest absolute Gasteiger partial charge is 0.378 e. The van der Waals surface area contributed by atoms with Crippen LogP contribution in [0.15, 0.2) is 29.3 Å². The second-order valence-electron chi connectivity index (χ2n) is 6.42. The lowest BCUT2D eigenvalue weighted by Crippen LogP contribution is -2.48. The van der Waals surface area contributed by atoms with Crippen molar-refractivity contribution in [3.8, 4) is 0 Å². The number of nitrogens with zero attached hydrogens (tertiary/aromatic N) is 3. The molecule has 7 nitrogen and oxygen atoms in total. The zero-order valence-corrected chi connectivity index (χ0v) is 15.4. The first-order chi connectivity index (χ1) is 12.7. The van der Waals surface area contributed by atoms with Crippen LogP contribution in [0.4, 0.5) is 0 Å². The first-order valence-electron chi connectivity index (χ1n) is 9.18. The molecule has 26 heavy (non-hydrogen) atoms. The predicted octanol–water partition coefficient (Wildman–Crippen LogP) is 1.36. The summed E-state index contributed by atoms with van der Waals surface area (Å²) in [6, 6.07) is 6.95. The van der Waals surface area contributed by atoms with Crippen LogP contribution in [-0.2, 0) is 4.74 Å². The monoisotopic (exact) mass is 358 g/mol. The molecule has 0 bridgehead atoms. The topological polar surface area (TPSA) is 74.2 Å². The lowest BCUT2D eigenvalue weighted by atomic mass is 10.1. The third kappa shape index (κ3) is 3.72. The number of aliphatic imine (C=N–C) groups is 1. The number of benzene rings is 1. The minimum Gasteiger partial charge on any atom is -0.378 e. The lowest BCUT2D eigenvalue weighted by molar-refractivity contribution is 0.0263. The summed E-state index contributed by atoms with van der Waals surface area (Å²) in [7, 11) is 1.75. The molecule has 0 atom stereocenters. The van der Waals surface area contributed by atoms with E-state index < -0.39 is 0 Å². The van der Waals surface area contributed by atoms with Crippen LogP contribution in [-0.4, -0.2) is 73.5 Å². The first-order valence-corrected chi connectivity index (χ1v) is 9.18. The summed E-state index contributed by atoms with van der Waals surface area (Å²) in [6.07, 6.45) is 2.28. The maximum Gasteiger partial charge on any atom is 0.261 e. The van der Waals surface area contributed by atoms with Crippen molar-refractivity contribution in [3.05, 3.63) is 35.4 Å². The van der Waals surface area contributed by atoms with E-state index in [1.165, 1.54) is 4.90 Å². The number of rotatable bonds is 5. The molecule has 1 aromatic rings. The van der Waals surface area contributed by atoms with Crippen molar-refractivity contribution in [1.82, 2.24) is 15.1 Å². The molecule has 1 saturated heterocycles. The number of ether oxygens (including phenoxy) is 1. The van der Waals surface area contributed by atoms with Gasteiger partial charge in [0.1, 0.15) is 0 Å². The van der Waals surface area contributed by atoms with Crippen LogP contribution < -0.4 is 5.32 Å². The quantitative estimate of drug-likeness (QED) is 0.489. The number of carbonyl (C=O) groups is 2. The van der Waals surface area contributed by atoms with Crippen LogP contribution in [0.25, 0.3) is 0 Å². The standard InChI is InChI=1S/C19H26N4O3/c1-3-26-14-8-11-22(12-9-14)19(20-2)21-10-13-23-17(24)15-6-4-5-7-16(15)18(23)25/h4-7,14H,3,8-13H2,1-2H3,(H,20,21). The maximum atomic E-state index is 12.4.